The number of methoxy groups -OCH3 is 2. The summed E-state index contributed by atoms with van der Waals surface area (Å²) in [5.74, 6) is 0.753. The summed E-state index contributed by atoms with van der Waals surface area (Å²) >= 11 is 0. The van der Waals surface area contributed by atoms with E-state index >= 15 is 0 Å². The number of nitrogens with zero attached hydrogens (tertiary/aromatic N) is 3. The molecule has 2 heterocycles. The Hall–Kier alpha value is -3.61. The predicted octanol–water partition coefficient (Wildman–Crippen LogP) is 2.51. The molecule has 1 aliphatic heterocycles. The Kier molecular flexibility index (Phi) is 5.52. The van der Waals surface area contributed by atoms with E-state index in [2.05, 4.69) is 5.10 Å². The van der Waals surface area contributed by atoms with Gasteiger partial charge in [0.05, 0.1) is 32.0 Å². The van der Waals surface area contributed by atoms with Crippen molar-refractivity contribution in [3.05, 3.63) is 87.3 Å². The molecule has 1 amide bonds. The third-order valence-corrected chi connectivity index (χ3v) is 5.24. The minimum atomic E-state index is -0.175. The van der Waals surface area contributed by atoms with Crippen LogP contribution in [0.15, 0.2) is 59.4 Å². The van der Waals surface area contributed by atoms with Gasteiger partial charge in [-0.2, -0.15) is 5.10 Å². The van der Waals surface area contributed by atoms with Crippen LogP contribution in [0, 0.1) is 0 Å². The molecule has 1 aliphatic rings. The van der Waals surface area contributed by atoms with E-state index in [1.165, 1.54) is 18.9 Å². The van der Waals surface area contributed by atoms with Gasteiger partial charge >= 0.3 is 0 Å². The zero-order chi connectivity index (χ0) is 21.1. The van der Waals surface area contributed by atoms with Crippen molar-refractivity contribution < 1.29 is 14.3 Å². The molecule has 154 valence electrons. The van der Waals surface area contributed by atoms with Crippen molar-refractivity contribution in [2.75, 3.05) is 20.8 Å². The number of benzene rings is 2. The molecule has 0 saturated carbocycles. The minimum absolute atomic E-state index is 0.162. The third kappa shape index (κ3) is 3.78. The molecule has 4 rings (SSSR count). The molecule has 0 N–H and O–H groups in total. The normalized spacial score (nSPS) is 12.9. The number of amides is 1. The number of carbonyl (C=O) groups is 1. The molecular weight excluding hydrogens is 382 g/mol. The first-order chi connectivity index (χ1) is 14.6. The number of hydrogen-bond acceptors (Lipinski definition) is 5. The van der Waals surface area contributed by atoms with Gasteiger partial charge in [0.1, 0.15) is 0 Å². The summed E-state index contributed by atoms with van der Waals surface area (Å²) < 4.78 is 12.2. The SMILES string of the molecule is COc1cccc(C(=O)N2CCc3nn(Cc4ccccc4)c(=O)cc3C2)c1OC. The Bertz CT molecular complexity index is 1130. The fourth-order valence-electron chi connectivity index (χ4n) is 3.71. The molecule has 0 spiro atoms. The van der Waals surface area contributed by atoms with Crippen molar-refractivity contribution in [3.8, 4) is 11.5 Å². The second kappa shape index (κ2) is 8.41. The maximum absolute atomic E-state index is 13.1. The summed E-state index contributed by atoms with van der Waals surface area (Å²) in [5, 5.41) is 4.56. The Morgan fingerprint density at radius 2 is 1.87 bits per heavy atom. The van der Waals surface area contributed by atoms with Crippen molar-refractivity contribution in [1.29, 1.82) is 0 Å². The first kappa shape index (κ1) is 19.7. The largest absolute Gasteiger partial charge is 0.493 e. The molecule has 0 bridgehead atoms. The summed E-state index contributed by atoms with van der Waals surface area (Å²) in [6.07, 6.45) is 0.586. The number of fused-ring (bicyclic) bond motifs is 1. The van der Waals surface area contributed by atoms with Gasteiger partial charge in [-0.1, -0.05) is 36.4 Å². The number of ether oxygens (including phenoxy) is 2. The van der Waals surface area contributed by atoms with E-state index < -0.39 is 0 Å². The molecule has 1 aromatic heterocycles. The first-order valence-electron chi connectivity index (χ1n) is 9.75. The zero-order valence-corrected chi connectivity index (χ0v) is 17.0. The van der Waals surface area contributed by atoms with Crippen LogP contribution in [0.1, 0.15) is 27.2 Å². The number of hydrogen-bond donors (Lipinski definition) is 0. The quantitative estimate of drug-likeness (QED) is 0.652. The third-order valence-electron chi connectivity index (χ3n) is 5.24. The number of rotatable bonds is 5. The summed E-state index contributed by atoms with van der Waals surface area (Å²) in [5.41, 5.74) is 2.92. The van der Waals surface area contributed by atoms with Crippen molar-refractivity contribution in [3.63, 3.8) is 0 Å². The lowest BCUT2D eigenvalue weighted by molar-refractivity contribution is 0.0728. The van der Waals surface area contributed by atoms with Crippen molar-refractivity contribution in [1.82, 2.24) is 14.7 Å². The van der Waals surface area contributed by atoms with Gasteiger partial charge in [0.25, 0.3) is 11.5 Å². The Balaban J connectivity index is 1.58. The summed E-state index contributed by atoms with van der Waals surface area (Å²) in [6.45, 7) is 1.28. The van der Waals surface area contributed by atoms with Gasteiger partial charge in [0.15, 0.2) is 11.5 Å². The minimum Gasteiger partial charge on any atom is -0.493 e. The Morgan fingerprint density at radius 3 is 2.60 bits per heavy atom. The van der Waals surface area contributed by atoms with Gasteiger partial charge in [-0.15, -0.1) is 0 Å². The number of carbonyl (C=O) groups excluding carboxylic acids is 1. The monoisotopic (exact) mass is 405 g/mol. The highest BCUT2D eigenvalue weighted by molar-refractivity contribution is 5.98. The van der Waals surface area contributed by atoms with Crippen LogP contribution in [0.3, 0.4) is 0 Å². The highest BCUT2D eigenvalue weighted by Gasteiger charge is 2.26. The molecule has 7 nitrogen and oxygen atoms in total. The molecule has 30 heavy (non-hydrogen) atoms. The zero-order valence-electron chi connectivity index (χ0n) is 17.0. The van der Waals surface area contributed by atoms with Crippen molar-refractivity contribution in [2.24, 2.45) is 0 Å². The molecule has 7 heteroatoms. The molecule has 0 atom stereocenters. The van der Waals surface area contributed by atoms with E-state index in [0.717, 1.165) is 16.8 Å². The Morgan fingerprint density at radius 1 is 1.07 bits per heavy atom. The maximum Gasteiger partial charge on any atom is 0.267 e. The topological polar surface area (TPSA) is 73.7 Å². The van der Waals surface area contributed by atoms with Gasteiger partial charge in [-0.3, -0.25) is 9.59 Å². The predicted molar refractivity (Wildman–Crippen MR) is 112 cm³/mol. The smallest absolute Gasteiger partial charge is 0.267 e. The molecule has 0 fully saturated rings. The van der Waals surface area contributed by atoms with Crippen LogP contribution in [0.4, 0.5) is 0 Å². The van der Waals surface area contributed by atoms with E-state index in [4.69, 9.17) is 9.47 Å². The van der Waals surface area contributed by atoms with Crippen LogP contribution in [0.5, 0.6) is 11.5 Å². The van der Waals surface area contributed by atoms with E-state index in [9.17, 15) is 9.59 Å². The van der Waals surface area contributed by atoms with Crippen molar-refractivity contribution >= 4 is 5.91 Å². The maximum atomic E-state index is 13.1. The van der Waals surface area contributed by atoms with Gasteiger partial charge < -0.3 is 14.4 Å². The number of para-hydroxylation sites is 1. The van der Waals surface area contributed by atoms with Crippen molar-refractivity contribution in [2.45, 2.75) is 19.5 Å². The second-order valence-corrected chi connectivity index (χ2v) is 7.12. The molecule has 3 aromatic rings. The van der Waals surface area contributed by atoms with E-state index in [-0.39, 0.29) is 11.5 Å². The molecular formula is C23H23N3O4. The van der Waals surface area contributed by atoms with Crippen LogP contribution in [0.2, 0.25) is 0 Å². The fraction of sp³-hybridized carbons (Fsp3) is 0.261. The van der Waals surface area contributed by atoms with E-state index in [1.54, 1.807) is 29.2 Å². The summed E-state index contributed by atoms with van der Waals surface area (Å²) in [7, 11) is 3.05. The highest BCUT2D eigenvalue weighted by Crippen LogP contribution is 2.32. The fourth-order valence-corrected chi connectivity index (χ4v) is 3.71. The molecule has 0 radical (unpaired) electrons. The van der Waals surface area contributed by atoms with Crippen LogP contribution < -0.4 is 15.0 Å². The van der Waals surface area contributed by atoms with Gasteiger partial charge in [0, 0.05) is 31.1 Å². The summed E-state index contributed by atoms with van der Waals surface area (Å²) in [4.78, 5) is 27.4. The highest BCUT2D eigenvalue weighted by atomic mass is 16.5. The number of aromatic nitrogens is 2. The lowest BCUT2D eigenvalue weighted by atomic mass is 10.0. The van der Waals surface area contributed by atoms with E-state index in [0.29, 0.717) is 43.1 Å². The molecule has 0 unspecified atom stereocenters. The van der Waals surface area contributed by atoms with Crippen LogP contribution in [-0.2, 0) is 19.5 Å². The van der Waals surface area contributed by atoms with Gasteiger partial charge in [-0.25, -0.2) is 4.68 Å². The van der Waals surface area contributed by atoms with Crippen LogP contribution >= 0.6 is 0 Å². The Labute approximate surface area is 174 Å². The first-order valence-corrected chi connectivity index (χ1v) is 9.75. The standard InChI is InChI=1S/C23H23N3O4/c1-29-20-10-6-9-18(22(20)30-2)23(28)25-12-11-19-17(15-25)13-21(27)26(24-19)14-16-7-4-3-5-8-16/h3-10,13H,11-12,14-15H2,1-2H3. The average molecular weight is 405 g/mol. The van der Waals surface area contributed by atoms with E-state index in [1.807, 2.05) is 30.3 Å². The van der Waals surface area contributed by atoms with Crippen LogP contribution in [0.25, 0.3) is 0 Å². The summed E-state index contributed by atoms with van der Waals surface area (Å²) in [6, 6.07) is 16.6. The lowest BCUT2D eigenvalue weighted by Crippen LogP contribution is -2.38. The van der Waals surface area contributed by atoms with Gasteiger partial charge in [-0.05, 0) is 17.7 Å². The van der Waals surface area contributed by atoms with Gasteiger partial charge in [0.2, 0.25) is 0 Å². The molecule has 0 saturated heterocycles. The average Bonchev–Trinajstić information content (AvgIpc) is 2.78. The molecule has 2 aromatic carbocycles. The van der Waals surface area contributed by atoms with Crippen LogP contribution in [-0.4, -0.2) is 41.4 Å². The molecule has 0 aliphatic carbocycles. The second-order valence-electron chi connectivity index (χ2n) is 7.12. The lowest BCUT2D eigenvalue weighted by Gasteiger charge is -2.29.